The number of aromatic nitrogens is 1. The van der Waals surface area contributed by atoms with E-state index in [4.69, 9.17) is 10.5 Å². The van der Waals surface area contributed by atoms with Crippen molar-refractivity contribution in [1.82, 2.24) is 4.98 Å². The second kappa shape index (κ2) is 9.43. The van der Waals surface area contributed by atoms with Gasteiger partial charge in [-0.3, -0.25) is 4.99 Å². The van der Waals surface area contributed by atoms with Gasteiger partial charge in [0, 0.05) is 42.5 Å². The zero-order valence-electron chi connectivity index (χ0n) is 14.2. The minimum absolute atomic E-state index is 0. The smallest absolute Gasteiger partial charge is 0.193 e. The quantitative estimate of drug-likeness (QED) is 0.303. The standard InChI is InChI=1S/C19H22N4O.HI/c1-24-13-15-7-3-5-9-18(15)23-19(20)21-11-10-16-12-14-6-2-4-8-17(14)22-16;/h2-9,12,22H,10-11,13H2,1H3,(H3,20,21,23);1H. The molecule has 0 radical (unpaired) electrons. The molecular formula is C19H23IN4O. The van der Waals surface area contributed by atoms with Gasteiger partial charge in [0.1, 0.15) is 0 Å². The lowest BCUT2D eigenvalue weighted by Crippen LogP contribution is -2.23. The monoisotopic (exact) mass is 450 g/mol. The highest BCUT2D eigenvalue weighted by molar-refractivity contribution is 14.0. The molecule has 4 N–H and O–H groups in total. The Morgan fingerprint density at radius 2 is 1.92 bits per heavy atom. The fourth-order valence-electron chi connectivity index (χ4n) is 2.67. The van der Waals surface area contributed by atoms with Crippen molar-refractivity contribution in [2.75, 3.05) is 19.0 Å². The molecule has 1 heterocycles. The van der Waals surface area contributed by atoms with Gasteiger partial charge < -0.3 is 20.8 Å². The van der Waals surface area contributed by atoms with Crippen LogP contribution in [0, 0.1) is 0 Å². The van der Waals surface area contributed by atoms with Crippen molar-refractivity contribution in [1.29, 1.82) is 0 Å². The zero-order chi connectivity index (χ0) is 16.8. The van der Waals surface area contributed by atoms with Crippen LogP contribution in [0.3, 0.4) is 0 Å². The van der Waals surface area contributed by atoms with Gasteiger partial charge in [-0.25, -0.2) is 0 Å². The van der Waals surface area contributed by atoms with Crippen molar-refractivity contribution in [3.8, 4) is 0 Å². The van der Waals surface area contributed by atoms with E-state index < -0.39 is 0 Å². The maximum absolute atomic E-state index is 6.00. The number of hydrogen-bond donors (Lipinski definition) is 3. The molecule has 6 heteroatoms. The molecule has 2 aromatic carbocycles. The van der Waals surface area contributed by atoms with Gasteiger partial charge in [0.15, 0.2) is 5.96 Å². The third-order valence-corrected chi connectivity index (χ3v) is 3.83. The predicted octanol–water partition coefficient (Wildman–Crippen LogP) is 3.90. The number of nitrogens with two attached hydrogens (primary N) is 1. The first kappa shape index (κ1) is 19.3. The number of para-hydroxylation sites is 2. The molecule has 0 aliphatic carbocycles. The maximum atomic E-state index is 6.00. The Morgan fingerprint density at radius 1 is 1.16 bits per heavy atom. The first-order chi connectivity index (χ1) is 11.8. The van der Waals surface area contributed by atoms with Crippen molar-refractivity contribution in [2.24, 2.45) is 10.7 Å². The number of ether oxygens (including phenoxy) is 1. The summed E-state index contributed by atoms with van der Waals surface area (Å²) in [5.74, 6) is 0.412. The Morgan fingerprint density at radius 3 is 2.72 bits per heavy atom. The molecule has 0 aliphatic rings. The first-order valence-corrected chi connectivity index (χ1v) is 7.96. The number of fused-ring (bicyclic) bond motifs is 1. The van der Waals surface area contributed by atoms with Gasteiger partial charge in [-0.1, -0.05) is 36.4 Å². The minimum atomic E-state index is 0. The van der Waals surface area contributed by atoms with Crippen LogP contribution in [0.15, 0.2) is 59.6 Å². The largest absolute Gasteiger partial charge is 0.380 e. The van der Waals surface area contributed by atoms with E-state index in [0.29, 0.717) is 19.1 Å². The fraction of sp³-hybridized carbons (Fsp3) is 0.211. The molecule has 3 rings (SSSR count). The highest BCUT2D eigenvalue weighted by Gasteiger charge is 2.03. The van der Waals surface area contributed by atoms with E-state index in [-0.39, 0.29) is 24.0 Å². The number of aliphatic imine (C=N–C) groups is 1. The number of hydrogen-bond acceptors (Lipinski definition) is 2. The van der Waals surface area contributed by atoms with Crippen LogP contribution in [0.1, 0.15) is 11.3 Å². The normalized spacial score (nSPS) is 11.3. The van der Waals surface area contributed by atoms with Crippen molar-refractivity contribution < 1.29 is 4.74 Å². The van der Waals surface area contributed by atoms with Crippen LogP contribution >= 0.6 is 24.0 Å². The number of aromatic amines is 1. The van der Waals surface area contributed by atoms with Crippen LogP contribution in [0.2, 0.25) is 0 Å². The third kappa shape index (κ3) is 5.20. The van der Waals surface area contributed by atoms with E-state index in [2.05, 4.69) is 33.5 Å². The van der Waals surface area contributed by atoms with Crippen LogP contribution in [-0.4, -0.2) is 24.6 Å². The molecule has 0 saturated heterocycles. The lowest BCUT2D eigenvalue weighted by molar-refractivity contribution is 0.185. The van der Waals surface area contributed by atoms with E-state index in [1.54, 1.807) is 7.11 Å². The van der Waals surface area contributed by atoms with Crippen LogP contribution in [-0.2, 0) is 17.8 Å². The second-order valence-electron chi connectivity index (χ2n) is 5.61. The van der Waals surface area contributed by atoms with Gasteiger partial charge in [-0.05, 0) is 23.6 Å². The lowest BCUT2D eigenvalue weighted by atomic mass is 10.2. The summed E-state index contributed by atoms with van der Waals surface area (Å²) in [7, 11) is 1.68. The van der Waals surface area contributed by atoms with Crippen molar-refractivity contribution in [2.45, 2.75) is 13.0 Å². The second-order valence-corrected chi connectivity index (χ2v) is 5.61. The van der Waals surface area contributed by atoms with E-state index >= 15 is 0 Å². The van der Waals surface area contributed by atoms with Gasteiger partial charge in [0.05, 0.1) is 6.61 Å². The molecule has 0 amide bonds. The number of H-pyrrole nitrogens is 1. The molecule has 0 atom stereocenters. The summed E-state index contributed by atoms with van der Waals surface area (Å²) < 4.78 is 5.19. The number of guanidine groups is 1. The molecule has 0 aliphatic heterocycles. The van der Waals surface area contributed by atoms with E-state index in [1.807, 2.05) is 36.4 Å². The molecule has 0 unspecified atom stereocenters. The predicted molar refractivity (Wildman–Crippen MR) is 115 cm³/mol. The number of nitrogens with zero attached hydrogens (tertiary/aromatic N) is 1. The molecule has 25 heavy (non-hydrogen) atoms. The third-order valence-electron chi connectivity index (χ3n) is 3.83. The number of halogens is 1. The molecule has 132 valence electrons. The van der Waals surface area contributed by atoms with Gasteiger partial charge in [0.25, 0.3) is 0 Å². The number of methoxy groups -OCH3 is 1. The van der Waals surface area contributed by atoms with Crippen LogP contribution < -0.4 is 11.1 Å². The highest BCUT2D eigenvalue weighted by Crippen LogP contribution is 2.16. The average molecular weight is 450 g/mol. The summed E-state index contributed by atoms with van der Waals surface area (Å²) in [6.07, 6.45) is 0.816. The average Bonchev–Trinajstić information content (AvgIpc) is 2.99. The Balaban J connectivity index is 0.00000225. The number of nitrogens with one attached hydrogen (secondary N) is 2. The summed E-state index contributed by atoms with van der Waals surface area (Å²) in [5.41, 5.74) is 10.3. The first-order valence-electron chi connectivity index (χ1n) is 7.96. The topological polar surface area (TPSA) is 75.4 Å². The molecule has 0 fully saturated rings. The Labute approximate surface area is 164 Å². The number of anilines is 1. The molecule has 0 spiro atoms. The molecular weight excluding hydrogens is 427 g/mol. The molecule has 5 nitrogen and oxygen atoms in total. The summed E-state index contributed by atoms with van der Waals surface area (Å²) in [6, 6.07) is 18.3. The number of benzene rings is 2. The highest BCUT2D eigenvalue weighted by atomic mass is 127. The molecule has 3 aromatic rings. The van der Waals surface area contributed by atoms with E-state index in [9.17, 15) is 0 Å². The van der Waals surface area contributed by atoms with Crippen LogP contribution in [0.25, 0.3) is 10.9 Å². The Bertz CT molecular complexity index is 811. The molecule has 1 aromatic heterocycles. The van der Waals surface area contributed by atoms with Crippen molar-refractivity contribution >= 4 is 46.5 Å². The van der Waals surface area contributed by atoms with Gasteiger partial charge in [-0.15, -0.1) is 24.0 Å². The van der Waals surface area contributed by atoms with E-state index in [0.717, 1.165) is 28.9 Å². The fourth-order valence-corrected chi connectivity index (χ4v) is 2.67. The molecule has 0 saturated carbocycles. The van der Waals surface area contributed by atoms with Gasteiger partial charge in [0.2, 0.25) is 0 Å². The Hall–Kier alpha value is -2.06. The van der Waals surface area contributed by atoms with Crippen molar-refractivity contribution in [3.63, 3.8) is 0 Å². The van der Waals surface area contributed by atoms with Gasteiger partial charge in [-0.2, -0.15) is 0 Å². The van der Waals surface area contributed by atoms with Gasteiger partial charge >= 0.3 is 0 Å². The SMILES string of the molecule is COCc1ccccc1NC(N)=NCCc1cc2ccccc2[nH]1.I. The Kier molecular flexibility index (Phi) is 7.27. The van der Waals surface area contributed by atoms with E-state index in [1.165, 1.54) is 5.39 Å². The summed E-state index contributed by atoms with van der Waals surface area (Å²) in [4.78, 5) is 7.81. The minimum Gasteiger partial charge on any atom is -0.380 e. The summed E-state index contributed by atoms with van der Waals surface area (Å²) in [6.45, 7) is 1.16. The maximum Gasteiger partial charge on any atom is 0.193 e. The van der Waals surface area contributed by atoms with Crippen LogP contribution in [0.5, 0.6) is 0 Å². The molecule has 0 bridgehead atoms. The summed E-state index contributed by atoms with van der Waals surface area (Å²) in [5, 5.41) is 4.36. The van der Waals surface area contributed by atoms with Crippen molar-refractivity contribution in [3.05, 3.63) is 65.9 Å². The summed E-state index contributed by atoms with van der Waals surface area (Å²) >= 11 is 0. The van der Waals surface area contributed by atoms with Crippen LogP contribution in [0.4, 0.5) is 5.69 Å². The number of rotatable bonds is 6. The lowest BCUT2D eigenvalue weighted by Gasteiger charge is -2.10. The zero-order valence-corrected chi connectivity index (χ0v) is 16.5.